The maximum absolute atomic E-state index is 13.2. The van der Waals surface area contributed by atoms with E-state index in [1.165, 1.54) is 28.4 Å². The number of anilines is 1. The highest BCUT2D eigenvalue weighted by Crippen LogP contribution is 2.38. The molecule has 0 unspecified atom stereocenters. The molecule has 0 amide bonds. The van der Waals surface area contributed by atoms with Gasteiger partial charge in [-0.25, -0.2) is 8.78 Å². The molecule has 0 aliphatic rings. The zero-order valence-corrected chi connectivity index (χ0v) is 21.9. The zero-order valence-electron chi connectivity index (χ0n) is 23.9. The summed E-state index contributed by atoms with van der Waals surface area (Å²) in [6.07, 6.45) is -3.46. The molecule has 1 aromatic heterocycles. The quantitative estimate of drug-likeness (QED) is 0.295. The molecule has 0 bridgehead atoms. The summed E-state index contributed by atoms with van der Waals surface area (Å²) < 4.78 is 78.7. The predicted molar refractivity (Wildman–Crippen MR) is 136 cm³/mol. The summed E-state index contributed by atoms with van der Waals surface area (Å²) >= 11 is 0. The van der Waals surface area contributed by atoms with Crippen LogP contribution in [0.4, 0.5) is 14.7 Å². The van der Waals surface area contributed by atoms with Crippen LogP contribution in [0.1, 0.15) is 13.9 Å². The van der Waals surface area contributed by atoms with Crippen LogP contribution in [0.15, 0.2) is 36.4 Å². The summed E-state index contributed by atoms with van der Waals surface area (Å²) in [5, 5.41) is 0. The Labute approximate surface area is 222 Å². The standard InChI is InChI=1S/C26H31F2N3O7/c1-32-18-9-7-16(20(11-18)34-3)13-31(14-17-8-10-19(33-2)12-21(17)35-4)26-29-24(36-5)23(25(30-26)37-6)38-15-22(27)28/h7-12,22H,13-15H2,1-6H3/i15D2. The van der Waals surface area contributed by atoms with Crippen LogP contribution in [-0.2, 0) is 13.1 Å². The molecule has 1 heterocycles. The van der Waals surface area contributed by atoms with Crippen molar-refractivity contribution in [2.24, 2.45) is 0 Å². The number of hydrogen-bond donors (Lipinski definition) is 0. The van der Waals surface area contributed by atoms with Crippen molar-refractivity contribution in [3.8, 4) is 40.5 Å². The molecule has 206 valence electrons. The minimum Gasteiger partial charge on any atom is -0.497 e. The number of rotatable bonds is 14. The molecule has 38 heavy (non-hydrogen) atoms. The molecular weight excluding hydrogens is 504 g/mol. The molecule has 3 rings (SSSR count). The number of hydrogen-bond acceptors (Lipinski definition) is 10. The minimum absolute atomic E-state index is 0.0643. The summed E-state index contributed by atoms with van der Waals surface area (Å²) in [5.74, 6) is 1.21. The average molecular weight is 538 g/mol. The largest absolute Gasteiger partial charge is 0.497 e. The molecule has 0 spiro atoms. The third-order valence-corrected chi connectivity index (χ3v) is 5.42. The Bertz CT molecular complexity index is 1220. The lowest BCUT2D eigenvalue weighted by Crippen LogP contribution is -2.25. The first-order chi connectivity index (χ1) is 19.1. The van der Waals surface area contributed by atoms with E-state index in [1.54, 1.807) is 43.4 Å². The van der Waals surface area contributed by atoms with E-state index >= 15 is 0 Å². The van der Waals surface area contributed by atoms with Crippen LogP contribution >= 0.6 is 0 Å². The van der Waals surface area contributed by atoms with Crippen LogP contribution in [0.2, 0.25) is 0 Å². The van der Waals surface area contributed by atoms with Crippen LogP contribution in [-0.4, -0.2) is 65.6 Å². The highest BCUT2D eigenvalue weighted by atomic mass is 19.3. The Morgan fingerprint density at radius 1 is 0.737 bits per heavy atom. The molecular formula is C26H31F2N3O7. The lowest BCUT2D eigenvalue weighted by atomic mass is 10.1. The van der Waals surface area contributed by atoms with E-state index in [9.17, 15) is 8.78 Å². The average Bonchev–Trinajstić information content (AvgIpc) is 2.96. The van der Waals surface area contributed by atoms with Gasteiger partial charge in [-0.2, -0.15) is 9.97 Å². The minimum atomic E-state index is -3.46. The molecule has 0 saturated carbocycles. The number of halogens is 2. The number of ether oxygens (including phenoxy) is 7. The van der Waals surface area contributed by atoms with Crippen molar-refractivity contribution in [2.45, 2.75) is 19.5 Å². The van der Waals surface area contributed by atoms with Gasteiger partial charge in [0, 0.05) is 36.3 Å². The molecule has 0 fully saturated rings. The van der Waals surface area contributed by atoms with Crippen LogP contribution in [0.25, 0.3) is 0 Å². The van der Waals surface area contributed by atoms with Crippen molar-refractivity contribution in [2.75, 3.05) is 54.1 Å². The van der Waals surface area contributed by atoms with Crippen molar-refractivity contribution in [3.05, 3.63) is 47.5 Å². The normalized spacial score (nSPS) is 11.8. The summed E-state index contributed by atoms with van der Waals surface area (Å²) in [7, 11) is 8.62. The maximum atomic E-state index is 13.2. The van der Waals surface area contributed by atoms with Gasteiger partial charge in [0.1, 0.15) is 29.6 Å². The fraction of sp³-hybridized carbons (Fsp3) is 0.385. The van der Waals surface area contributed by atoms with Gasteiger partial charge in [-0.15, -0.1) is 0 Å². The highest BCUT2D eigenvalue weighted by Gasteiger charge is 2.24. The van der Waals surface area contributed by atoms with E-state index in [2.05, 4.69) is 9.97 Å². The summed E-state index contributed by atoms with van der Waals surface area (Å²) in [6.45, 7) is -2.95. The first-order valence-corrected chi connectivity index (χ1v) is 11.2. The van der Waals surface area contributed by atoms with Gasteiger partial charge < -0.3 is 38.1 Å². The van der Waals surface area contributed by atoms with E-state index in [1.807, 2.05) is 12.1 Å². The van der Waals surface area contributed by atoms with Crippen LogP contribution in [0.5, 0.6) is 40.5 Å². The summed E-state index contributed by atoms with van der Waals surface area (Å²) in [5.41, 5.74) is 1.48. The maximum Gasteiger partial charge on any atom is 0.272 e. The predicted octanol–water partition coefficient (Wildman–Crippen LogP) is 4.38. The van der Waals surface area contributed by atoms with Crippen molar-refractivity contribution in [3.63, 3.8) is 0 Å². The number of aromatic nitrogens is 2. The molecule has 2 aromatic carbocycles. The molecule has 0 aliphatic heterocycles. The first-order valence-electron chi connectivity index (χ1n) is 12.2. The Balaban J connectivity index is 2.15. The topological polar surface area (TPSA) is 93.6 Å². The number of methoxy groups -OCH3 is 6. The third-order valence-electron chi connectivity index (χ3n) is 5.42. The molecule has 0 radical (unpaired) electrons. The second kappa shape index (κ2) is 13.4. The highest BCUT2D eigenvalue weighted by molar-refractivity contribution is 5.51. The summed E-state index contributed by atoms with van der Waals surface area (Å²) in [6, 6.07) is 10.6. The Hall–Kier alpha value is -4.22. The van der Waals surface area contributed by atoms with Gasteiger partial charge in [-0.05, 0) is 24.3 Å². The zero-order chi connectivity index (χ0) is 29.4. The molecule has 12 heteroatoms. The van der Waals surface area contributed by atoms with Gasteiger partial charge in [0.25, 0.3) is 18.2 Å². The fourth-order valence-electron chi connectivity index (χ4n) is 3.58. The van der Waals surface area contributed by atoms with Crippen LogP contribution < -0.4 is 38.1 Å². The molecule has 0 aliphatic carbocycles. The monoisotopic (exact) mass is 537 g/mol. The number of benzene rings is 2. The van der Waals surface area contributed by atoms with E-state index < -0.39 is 18.7 Å². The van der Waals surface area contributed by atoms with E-state index in [0.29, 0.717) is 23.0 Å². The van der Waals surface area contributed by atoms with Crippen molar-refractivity contribution in [1.29, 1.82) is 0 Å². The molecule has 3 aromatic rings. The van der Waals surface area contributed by atoms with Crippen LogP contribution in [0, 0.1) is 0 Å². The first kappa shape index (κ1) is 25.4. The summed E-state index contributed by atoms with van der Waals surface area (Å²) in [4.78, 5) is 10.5. The fourth-order valence-corrected chi connectivity index (χ4v) is 3.58. The number of alkyl halides is 2. The molecule has 0 N–H and O–H groups in total. The third kappa shape index (κ3) is 6.75. The molecule has 0 atom stereocenters. The lowest BCUT2D eigenvalue weighted by Gasteiger charge is -2.26. The number of nitrogens with zero attached hydrogens (tertiary/aromatic N) is 3. The molecule has 10 nitrogen and oxygen atoms in total. The van der Waals surface area contributed by atoms with Crippen LogP contribution in [0.3, 0.4) is 0 Å². The second-order valence-electron chi connectivity index (χ2n) is 7.60. The van der Waals surface area contributed by atoms with E-state index in [4.69, 9.17) is 35.9 Å². The molecule has 0 saturated heterocycles. The van der Waals surface area contributed by atoms with Gasteiger partial charge in [-0.3, -0.25) is 0 Å². The van der Waals surface area contributed by atoms with Gasteiger partial charge in [0.2, 0.25) is 11.7 Å². The Morgan fingerprint density at radius 2 is 1.21 bits per heavy atom. The van der Waals surface area contributed by atoms with Gasteiger partial charge in [0.05, 0.1) is 45.4 Å². The Kier molecular flexibility index (Phi) is 8.94. The lowest BCUT2D eigenvalue weighted by molar-refractivity contribution is 0.0780. The Morgan fingerprint density at radius 3 is 1.58 bits per heavy atom. The van der Waals surface area contributed by atoms with Crippen molar-refractivity contribution >= 4 is 5.95 Å². The van der Waals surface area contributed by atoms with Crippen molar-refractivity contribution < 1.29 is 44.7 Å². The SMILES string of the molecule is [2H]C([2H])(Oc1c(OC)nc(N(Cc2ccc(OC)cc2OC)Cc2ccc(OC)cc2OC)nc1OC)C(F)F. The van der Waals surface area contributed by atoms with Gasteiger partial charge in [0.15, 0.2) is 0 Å². The van der Waals surface area contributed by atoms with Gasteiger partial charge in [-0.1, -0.05) is 0 Å². The van der Waals surface area contributed by atoms with Gasteiger partial charge >= 0.3 is 0 Å². The smallest absolute Gasteiger partial charge is 0.272 e. The van der Waals surface area contributed by atoms with E-state index in [-0.39, 0.29) is 30.8 Å². The second-order valence-corrected chi connectivity index (χ2v) is 7.60. The van der Waals surface area contributed by atoms with Crippen molar-refractivity contribution in [1.82, 2.24) is 9.97 Å². The van der Waals surface area contributed by atoms with E-state index in [0.717, 1.165) is 11.1 Å².